The first-order valence-corrected chi connectivity index (χ1v) is 6.76. The fraction of sp³-hybridized carbons (Fsp3) is 0.467. The van der Waals surface area contributed by atoms with Gasteiger partial charge in [0.25, 0.3) is 0 Å². The minimum Gasteiger partial charge on any atom is -0.486 e. The molecule has 20 heavy (non-hydrogen) atoms. The minimum atomic E-state index is -0.175. The van der Waals surface area contributed by atoms with Gasteiger partial charge >= 0.3 is 0 Å². The van der Waals surface area contributed by atoms with Crippen molar-refractivity contribution in [3.8, 4) is 5.75 Å². The van der Waals surface area contributed by atoms with Crippen molar-refractivity contribution in [3.05, 3.63) is 41.5 Å². The zero-order valence-corrected chi connectivity index (χ0v) is 12.5. The number of aromatic nitrogens is 3. The lowest BCUT2D eigenvalue weighted by Crippen LogP contribution is -2.10. The van der Waals surface area contributed by atoms with Crippen LogP contribution in [0.5, 0.6) is 5.75 Å². The van der Waals surface area contributed by atoms with Crippen LogP contribution < -0.4 is 10.5 Å². The Morgan fingerprint density at radius 3 is 2.40 bits per heavy atom. The molecule has 2 rings (SSSR count). The van der Waals surface area contributed by atoms with Crippen LogP contribution in [0.15, 0.2) is 24.3 Å². The van der Waals surface area contributed by atoms with Crippen molar-refractivity contribution in [3.63, 3.8) is 0 Å². The molecule has 0 radical (unpaired) electrons. The van der Waals surface area contributed by atoms with Crippen molar-refractivity contribution in [2.75, 3.05) is 0 Å². The Hall–Kier alpha value is -1.88. The normalized spacial score (nSPS) is 13.2. The lowest BCUT2D eigenvalue weighted by Gasteiger charge is -2.19. The van der Waals surface area contributed by atoms with E-state index in [0.29, 0.717) is 18.3 Å². The molecule has 1 heterocycles. The van der Waals surface area contributed by atoms with Gasteiger partial charge in [-0.25, -0.2) is 4.98 Å². The fourth-order valence-electron chi connectivity index (χ4n) is 1.78. The average molecular weight is 274 g/mol. The highest BCUT2D eigenvalue weighted by molar-refractivity contribution is 5.31. The highest BCUT2D eigenvalue weighted by atomic mass is 16.5. The highest BCUT2D eigenvalue weighted by Crippen LogP contribution is 2.24. The van der Waals surface area contributed by atoms with Gasteiger partial charge in [0, 0.05) is 0 Å². The number of hydrogen-bond acceptors (Lipinski definition) is 4. The van der Waals surface area contributed by atoms with Gasteiger partial charge in [0.1, 0.15) is 12.4 Å². The third kappa shape index (κ3) is 3.57. The summed E-state index contributed by atoms with van der Waals surface area (Å²) >= 11 is 0. The molecule has 0 amide bonds. The third-order valence-corrected chi connectivity index (χ3v) is 3.05. The maximum absolute atomic E-state index is 5.71. The lowest BCUT2D eigenvalue weighted by atomic mass is 9.87. The van der Waals surface area contributed by atoms with Crippen LogP contribution in [0.2, 0.25) is 0 Å². The summed E-state index contributed by atoms with van der Waals surface area (Å²) in [6.45, 7) is 8.76. The van der Waals surface area contributed by atoms with Gasteiger partial charge in [-0.05, 0) is 30.0 Å². The van der Waals surface area contributed by atoms with Crippen molar-refractivity contribution < 1.29 is 4.74 Å². The predicted octanol–water partition coefficient (Wildman–Crippen LogP) is 2.70. The van der Waals surface area contributed by atoms with Gasteiger partial charge in [0.05, 0.1) is 6.04 Å². The smallest absolute Gasteiger partial charge is 0.167 e. The molecule has 0 bridgehead atoms. The SMILES string of the molecule is C[C@@H](N)c1n[nH]c(COc2ccc(C(C)(C)C)cc2)n1. The summed E-state index contributed by atoms with van der Waals surface area (Å²) in [5, 5.41) is 6.86. The molecule has 0 saturated heterocycles. The largest absolute Gasteiger partial charge is 0.486 e. The van der Waals surface area contributed by atoms with E-state index in [2.05, 4.69) is 48.1 Å². The Labute approximate surface area is 119 Å². The molecular formula is C15H22N4O. The van der Waals surface area contributed by atoms with Crippen LogP contribution in [0.4, 0.5) is 0 Å². The number of ether oxygens (including phenoxy) is 1. The molecule has 1 aromatic heterocycles. The maximum atomic E-state index is 5.71. The maximum Gasteiger partial charge on any atom is 0.167 e. The van der Waals surface area contributed by atoms with Crippen LogP contribution in [-0.2, 0) is 12.0 Å². The number of rotatable bonds is 4. The molecular weight excluding hydrogens is 252 g/mol. The summed E-state index contributed by atoms with van der Waals surface area (Å²) in [5.74, 6) is 2.10. The number of H-pyrrole nitrogens is 1. The summed E-state index contributed by atoms with van der Waals surface area (Å²) in [7, 11) is 0. The summed E-state index contributed by atoms with van der Waals surface area (Å²) in [5.41, 5.74) is 7.14. The number of nitrogens with one attached hydrogen (secondary N) is 1. The van der Waals surface area contributed by atoms with Crippen LogP contribution in [-0.4, -0.2) is 15.2 Å². The molecule has 0 aliphatic carbocycles. The number of nitrogens with zero attached hydrogens (tertiary/aromatic N) is 2. The summed E-state index contributed by atoms with van der Waals surface area (Å²) in [4.78, 5) is 4.26. The van der Waals surface area contributed by atoms with Gasteiger partial charge in [-0.3, -0.25) is 5.10 Å². The van der Waals surface area contributed by atoms with Gasteiger partial charge in [0.15, 0.2) is 11.6 Å². The summed E-state index contributed by atoms with van der Waals surface area (Å²) < 4.78 is 5.68. The molecule has 5 nitrogen and oxygen atoms in total. The first kappa shape index (κ1) is 14.5. The standard InChI is InChI=1S/C15H22N4O/c1-10(16)14-17-13(18-19-14)9-20-12-7-5-11(6-8-12)15(2,3)4/h5-8,10H,9,16H2,1-4H3,(H,17,18,19)/t10-/m1/s1. The quantitative estimate of drug-likeness (QED) is 0.898. The third-order valence-electron chi connectivity index (χ3n) is 3.05. The number of hydrogen-bond donors (Lipinski definition) is 2. The Morgan fingerprint density at radius 2 is 1.90 bits per heavy atom. The molecule has 3 N–H and O–H groups in total. The predicted molar refractivity (Wildman–Crippen MR) is 78.5 cm³/mol. The van der Waals surface area contributed by atoms with Gasteiger partial charge in [0.2, 0.25) is 0 Å². The van der Waals surface area contributed by atoms with E-state index in [1.807, 2.05) is 19.1 Å². The van der Waals surface area contributed by atoms with E-state index in [4.69, 9.17) is 10.5 Å². The van der Waals surface area contributed by atoms with E-state index in [1.165, 1.54) is 5.56 Å². The van der Waals surface area contributed by atoms with Crippen molar-refractivity contribution in [2.45, 2.75) is 45.8 Å². The van der Waals surface area contributed by atoms with E-state index in [1.54, 1.807) is 0 Å². The van der Waals surface area contributed by atoms with E-state index in [9.17, 15) is 0 Å². The second-order valence-corrected chi connectivity index (χ2v) is 5.99. The molecule has 5 heteroatoms. The van der Waals surface area contributed by atoms with Crippen molar-refractivity contribution in [2.24, 2.45) is 5.73 Å². The van der Waals surface area contributed by atoms with E-state index >= 15 is 0 Å². The Morgan fingerprint density at radius 1 is 1.25 bits per heavy atom. The molecule has 0 unspecified atom stereocenters. The highest BCUT2D eigenvalue weighted by Gasteiger charge is 2.13. The second kappa shape index (κ2) is 5.63. The van der Waals surface area contributed by atoms with Gasteiger partial charge < -0.3 is 10.5 Å². The summed E-state index contributed by atoms with van der Waals surface area (Å²) in [6, 6.07) is 7.95. The Bertz CT molecular complexity index is 552. The van der Waals surface area contributed by atoms with Gasteiger partial charge in [-0.15, -0.1) is 0 Å². The van der Waals surface area contributed by atoms with Crippen LogP contribution >= 0.6 is 0 Å². The minimum absolute atomic E-state index is 0.148. The van der Waals surface area contributed by atoms with Crippen LogP contribution in [0.3, 0.4) is 0 Å². The second-order valence-electron chi connectivity index (χ2n) is 5.99. The molecule has 0 fully saturated rings. The van der Waals surface area contributed by atoms with Crippen LogP contribution in [0, 0.1) is 0 Å². The molecule has 0 spiro atoms. The molecule has 0 saturated carbocycles. The zero-order valence-electron chi connectivity index (χ0n) is 12.5. The fourth-order valence-corrected chi connectivity index (χ4v) is 1.78. The molecule has 0 aliphatic heterocycles. The van der Waals surface area contributed by atoms with E-state index in [-0.39, 0.29) is 11.5 Å². The van der Waals surface area contributed by atoms with Crippen molar-refractivity contribution in [1.82, 2.24) is 15.2 Å². The number of nitrogens with two attached hydrogens (primary N) is 1. The van der Waals surface area contributed by atoms with Gasteiger partial charge in [-0.2, -0.15) is 5.10 Å². The topological polar surface area (TPSA) is 76.8 Å². The molecule has 2 aromatic rings. The molecule has 1 aromatic carbocycles. The summed E-state index contributed by atoms with van der Waals surface area (Å²) in [6.07, 6.45) is 0. The first-order chi connectivity index (χ1) is 9.36. The van der Waals surface area contributed by atoms with Crippen molar-refractivity contribution >= 4 is 0 Å². The molecule has 1 atom stereocenters. The number of aromatic amines is 1. The zero-order chi connectivity index (χ0) is 14.8. The van der Waals surface area contributed by atoms with E-state index < -0.39 is 0 Å². The lowest BCUT2D eigenvalue weighted by molar-refractivity contribution is 0.296. The molecule has 108 valence electrons. The monoisotopic (exact) mass is 274 g/mol. The van der Waals surface area contributed by atoms with Crippen molar-refractivity contribution in [1.29, 1.82) is 0 Å². The van der Waals surface area contributed by atoms with Gasteiger partial charge in [-0.1, -0.05) is 32.9 Å². The first-order valence-electron chi connectivity index (χ1n) is 6.76. The Balaban J connectivity index is 1.97. The number of benzene rings is 1. The average Bonchev–Trinajstić information content (AvgIpc) is 2.85. The Kier molecular flexibility index (Phi) is 4.09. The van der Waals surface area contributed by atoms with Crippen LogP contribution in [0.1, 0.15) is 50.9 Å². The molecule has 0 aliphatic rings. The van der Waals surface area contributed by atoms with E-state index in [0.717, 1.165) is 5.75 Å². The van der Waals surface area contributed by atoms with Crippen LogP contribution in [0.25, 0.3) is 0 Å².